The molecule has 2 rings (SSSR count). The van der Waals surface area contributed by atoms with Crippen molar-refractivity contribution >= 4 is 39.8 Å². The third-order valence-electron chi connectivity index (χ3n) is 4.01. The first-order valence-electron chi connectivity index (χ1n) is 7.70. The lowest BCUT2D eigenvalue weighted by Gasteiger charge is -2.31. The van der Waals surface area contributed by atoms with Gasteiger partial charge in [0.2, 0.25) is 0 Å². The molecule has 0 saturated carbocycles. The van der Waals surface area contributed by atoms with Crippen LogP contribution in [0.15, 0.2) is 34.2 Å². The summed E-state index contributed by atoms with van der Waals surface area (Å²) in [7, 11) is -3.13. The van der Waals surface area contributed by atoms with Gasteiger partial charge >= 0.3 is 0 Å². The molecular formula is C16H26IN3O2S. The molecule has 1 atom stereocenters. The van der Waals surface area contributed by atoms with E-state index in [0.717, 1.165) is 25.1 Å². The Balaban J connectivity index is 0.00000264. The van der Waals surface area contributed by atoms with E-state index in [0.29, 0.717) is 23.3 Å². The monoisotopic (exact) mass is 451 g/mol. The molecule has 1 unspecified atom stereocenters. The average Bonchev–Trinajstić information content (AvgIpc) is 2.47. The second kappa shape index (κ2) is 8.86. The van der Waals surface area contributed by atoms with Crippen molar-refractivity contribution < 1.29 is 8.42 Å². The number of sulfone groups is 1. The van der Waals surface area contributed by atoms with Gasteiger partial charge in [0.25, 0.3) is 0 Å². The molecular weight excluding hydrogens is 425 g/mol. The molecule has 0 aliphatic carbocycles. The zero-order valence-electron chi connectivity index (χ0n) is 13.7. The van der Waals surface area contributed by atoms with Crippen molar-refractivity contribution in [2.45, 2.75) is 31.1 Å². The summed E-state index contributed by atoms with van der Waals surface area (Å²) < 4.78 is 22.8. The quantitative estimate of drug-likeness (QED) is 0.433. The number of likely N-dealkylation sites (tertiary alicyclic amines) is 1. The predicted octanol–water partition coefficient (Wildman–Crippen LogP) is 2.30. The summed E-state index contributed by atoms with van der Waals surface area (Å²) in [5.41, 5.74) is 7.12. The van der Waals surface area contributed by atoms with E-state index >= 15 is 0 Å². The molecule has 0 amide bonds. The maximum atomic E-state index is 11.4. The molecule has 1 heterocycles. The molecule has 0 bridgehead atoms. The van der Waals surface area contributed by atoms with E-state index in [1.165, 1.54) is 19.1 Å². The molecule has 1 aliphatic rings. The third-order valence-corrected chi connectivity index (χ3v) is 5.14. The van der Waals surface area contributed by atoms with E-state index in [1.54, 1.807) is 12.1 Å². The van der Waals surface area contributed by atoms with Crippen LogP contribution in [0.3, 0.4) is 0 Å². The lowest BCUT2D eigenvalue weighted by molar-refractivity contribution is 0.270. The van der Waals surface area contributed by atoms with Gasteiger partial charge in [-0.15, -0.1) is 24.0 Å². The van der Waals surface area contributed by atoms with Gasteiger partial charge in [-0.25, -0.2) is 8.42 Å². The Morgan fingerprint density at radius 2 is 2.00 bits per heavy atom. The van der Waals surface area contributed by atoms with Crippen LogP contribution in [0.5, 0.6) is 0 Å². The van der Waals surface area contributed by atoms with E-state index < -0.39 is 9.84 Å². The topological polar surface area (TPSA) is 75.8 Å². The maximum Gasteiger partial charge on any atom is 0.191 e. The Labute approximate surface area is 156 Å². The molecule has 7 heteroatoms. The normalized spacial score (nSPS) is 19.3. The molecule has 1 fully saturated rings. The van der Waals surface area contributed by atoms with Crippen LogP contribution in [0.1, 0.15) is 25.3 Å². The smallest absolute Gasteiger partial charge is 0.191 e. The Morgan fingerprint density at radius 3 is 2.57 bits per heavy atom. The van der Waals surface area contributed by atoms with Crippen LogP contribution < -0.4 is 5.73 Å². The van der Waals surface area contributed by atoms with Gasteiger partial charge in [0.05, 0.1) is 4.90 Å². The summed E-state index contributed by atoms with van der Waals surface area (Å²) >= 11 is 0. The van der Waals surface area contributed by atoms with E-state index in [-0.39, 0.29) is 24.0 Å². The molecule has 2 N–H and O–H groups in total. The first-order valence-corrected chi connectivity index (χ1v) is 9.59. The highest BCUT2D eigenvalue weighted by molar-refractivity contribution is 14.0. The molecule has 0 radical (unpaired) electrons. The summed E-state index contributed by atoms with van der Waals surface area (Å²) in [6.07, 6.45) is 4.40. The van der Waals surface area contributed by atoms with Crippen LogP contribution in [0.2, 0.25) is 0 Å². The first kappa shape index (κ1) is 20.2. The number of hydrogen-bond donors (Lipinski definition) is 1. The van der Waals surface area contributed by atoms with E-state index in [4.69, 9.17) is 5.73 Å². The minimum Gasteiger partial charge on any atom is -0.370 e. The van der Waals surface area contributed by atoms with Crippen LogP contribution >= 0.6 is 24.0 Å². The molecule has 130 valence electrons. The summed E-state index contributed by atoms with van der Waals surface area (Å²) in [6, 6.07) is 6.96. The number of rotatable bonds is 4. The highest BCUT2D eigenvalue weighted by Crippen LogP contribution is 2.15. The summed E-state index contributed by atoms with van der Waals surface area (Å²) in [5, 5.41) is 0. The molecule has 0 aromatic heterocycles. The van der Waals surface area contributed by atoms with Crippen molar-refractivity contribution in [2.24, 2.45) is 16.6 Å². The predicted molar refractivity (Wildman–Crippen MR) is 105 cm³/mol. The Bertz CT molecular complexity index is 629. The fraction of sp³-hybridized carbons (Fsp3) is 0.562. The maximum absolute atomic E-state index is 11.4. The second-order valence-electron chi connectivity index (χ2n) is 6.10. The second-order valence-corrected chi connectivity index (χ2v) is 8.12. The van der Waals surface area contributed by atoms with Crippen molar-refractivity contribution in [3.63, 3.8) is 0 Å². The Hall–Kier alpha value is -0.830. The van der Waals surface area contributed by atoms with E-state index in [1.807, 2.05) is 12.1 Å². The van der Waals surface area contributed by atoms with Gasteiger partial charge in [-0.3, -0.25) is 4.99 Å². The largest absolute Gasteiger partial charge is 0.370 e. The number of aliphatic imine (C=N–C) groups is 1. The van der Waals surface area contributed by atoms with Crippen molar-refractivity contribution in [3.8, 4) is 0 Å². The van der Waals surface area contributed by atoms with Gasteiger partial charge in [0.15, 0.2) is 15.8 Å². The Kier molecular flexibility index (Phi) is 7.79. The van der Waals surface area contributed by atoms with Gasteiger partial charge in [0.1, 0.15) is 0 Å². The molecule has 1 aromatic rings. The van der Waals surface area contributed by atoms with Crippen molar-refractivity contribution in [1.82, 2.24) is 4.90 Å². The van der Waals surface area contributed by atoms with Crippen molar-refractivity contribution in [2.75, 3.05) is 25.9 Å². The van der Waals surface area contributed by atoms with Gasteiger partial charge in [0, 0.05) is 25.9 Å². The third kappa shape index (κ3) is 6.29. The SMILES string of the molecule is CC1CCCN(C(N)=NCCc2ccc(S(C)(=O)=O)cc2)C1.I. The number of nitrogens with two attached hydrogens (primary N) is 1. The summed E-state index contributed by atoms with van der Waals surface area (Å²) in [6.45, 7) is 4.83. The molecule has 5 nitrogen and oxygen atoms in total. The fourth-order valence-electron chi connectivity index (χ4n) is 2.70. The number of guanidine groups is 1. The average molecular weight is 451 g/mol. The van der Waals surface area contributed by atoms with Crippen LogP contribution in [0.25, 0.3) is 0 Å². The number of nitrogens with zero attached hydrogens (tertiary/aromatic N) is 2. The molecule has 1 aromatic carbocycles. The van der Waals surface area contributed by atoms with Crippen LogP contribution in [0.4, 0.5) is 0 Å². The molecule has 0 spiro atoms. The highest BCUT2D eigenvalue weighted by Gasteiger charge is 2.17. The minimum atomic E-state index is -3.13. The Morgan fingerprint density at radius 1 is 1.35 bits per heavy atom. The molecule has 23 heavy (non-hydrogen) atoms. The first-order chi connectivity index (χ1) is 10.4. The van der Waals surface area contributed by atoms with Crippen molar-refractivity contribution in [1.29, 1.82) is 0 Å². The van der Waals surface area contributed by atoms with Gasteiger partial charge < -0.3 is 10.6 Å². The van der Waals surface area contributed by atoms with Crippen LogP contribution in [-0.2, 0) is 16.3 Å². The number of benzene rings is 1. The number of halogens is 1. The lowest BCUT2D eigenvalue weighted by Crippen LogP contribution is -2.43. The number of hydrogen-bond acceptors (Lipinski definition) is 3. The van der Waals surface area contributed by atoms with Gasteiger partial charge in [-0.1, -0.05) is 19.1 Å². The molecule has 1 aliphatic heterocycles. The summed E-state index contributed by atoms with van der Waals surface area (Å²) in [5.74, 6) is 1.30. The highest BCUT2D eigenvalue weighted by atomic mass is 127. The minimum absolute atomic E-state index is 0. The van der Waals surface area contributed by atoms with Gasteiger partial charge in [-0.05, 0) is 42.9 Å². The van der Waals surface area contributed by atoms with Crippen LogP contribution in [-0.4, -0.2) is 45.2 Å². The van der Waals surface area contributed by atoms with Crippen LogP contribution in [0, 0.1) is 5.92 Å². The fourth-order valence-corrected chi connectivity index (χ4v) is 3.33. The van der Waals surface area contributed by atoms with E-state index in [9.17, 15) is 8.42 Å². The van der Waals surface area contributed by atoms with Gasteiger partial charge in [-0.2, -0.15) is 0 Å². The summed E-state index contributed by atoms with van der Waals surface area (Å²) in [4.78, 5) is 6.95. The van der Waals surface area contributed by atoms with E-state index in [2.05, 4.69) is 16.8 Å². The zero-order valence-corrected chi connectivity index (χ0v) is 16.9. The molecule has 1 saturated heterocycles. The zero-order chi connectivity index (χ0) is 16.2. The lowest BCUT2D eigenvalue weighted by atomic mass is 10.0. The standard InChI is InChI=1S/C16H25N3O2S.HI/c1-13-4-3-11-19(12-13)16(17)18-10-9-14-5-7-15(8-6-14)22(2,20)21;/h5-8,13H,3-4,9-12H2,1-2H3,(H2,17,18);1H. The van der Waals surface area contributed by atoms with Crippen molar-refractivity contribution in [3.05, 3.63) is 29.8 Å². The number of piperidine rings is 1.